The lowest BCUT2D eigenvalue weighted by Gasteiger charge is -2.41. The first-order valence-electron chi connectivity index (χ1n) is 6.04. The molecule has 1 aromatic carbocycles. The van der Waals surface area contributed by atoms with Crippen LogP contribution in [0.15, 0.2) is 23.2 Å². The third-order valence-electron chi connectivity index (χ3n) is 3.73. The maximum absolute atomic E-state index is 13.8. The molecule has 1 unspecified atom stereocenters. The fraction of sp³-hybridized carbons (Fsp3) is 0.462. The van der Waals surface area contributed by atoms with E-state index >= 15 is 0 Å². The number of anilines is 1. The average molecular weight is 286 g/mol. The second-order valence-electron chi connectivity index (χ2n) is 4.86. The Bertz CT molecular complexity index is 523. The van der Waals surface area contributed by atoms with Crippen LogP contribution >= 0.6 is 11.6 Å². The van der Waals surface area contributed by atoms with E-state index < -0.39 is 12.2 Å². The van der Waals surface area contributed by atoms with Gasteiger partial charge >= 0.3 is 0 Å². The molecule has 0 saturated heterocycles. The number of benzene rings is 1. The summed E-state index contributed by atoms with van der Waals surface area (Å²) in [5.74, 6) is -0.218. The molecule has 3 atom stereocenters. The van der Waals surface area contributed by atoms with E-state index in [0.29, 0.717) is 16.3 Å². The van der Waals surface area contributed by atoms with Crippen LogP contribution in [-0.2, 0) is 10.3 Å². The number of alkyl halides is 1. The molecule has 2 rings (SSSR count). The highest BCUT2D eigenvalue weighted by atomic mass is 35.5. The summed E-state index contributed by atoms with van der Waals surface area (Å²) in [5.41, 5.74) is 11.3. The second-order valence-corrected chi connectivity index (χ2v) is 5.27. The van der Waals surface area contributed by atoms with Gasteiger partial charge in [-0.05, 0) is 25.1 Å². The van der Waals surface area contributed by atoms with Gasteiger partial charge in [0.25, 0.3) is 6.02 Å². The first-order chi connectivity index (χ1) is 8.90. The lowest BCUT2D eigenvalue weighted by Crippen LogP contribution is -2.48. The van der Waals surface area contributed by atoms with E-state index in [-0.39, 0.29) is 18.0 Å². The summed E-state index contributed by atoms with van der Waals surface area (Å²) in [6, 6.07) is 4.93. The minimum Gasteiger partial charge on any atom is -0.462 e. The smallest absolute Gasteiger partial charge is 0.283 e. The number of nitrogens with two attached hydrogens (primary N) is 2. The Kier molecular flexibility index (Phi) is 3.58. The minimum atomic E-state index is -1.14. The summed E-state index contributed by atoms with van der Waals surface area (Å²) < 4.78 is 19.1. The van der Waals surface area contributed by atoms with Crippen molar-refractivity contribution in [3.8, 4) is 0 Å². The predicted octanol–water partition coefficient (Wildman–Crippen LogP) is 2.46. The SMILES string of the molecule is CC1OC(N)=N[C@@](CF)(c2cc(N)ccc2Cl)[C@@H]1C. The van der Waals surface area contributed by atoms with Gasteiger partial charge in [0.2, 0.25) is 0 Å². The molecule has 6 heteroatoms. The first-order valence-corrected chi connectivity index (χ1v) is 6.42. The number of nitrogens with zero attached hydrogens (tertiary/aromatic N) is 1. The molecule has 4 nitrogen and oxygen atoms in total. The van der Waals surface area contributed by atoms with Gasteiger partial charge in [-0.2, -0.15) is 0 Å². The highest BCUT2D eigenvalue weighted by molar-refractivity contribution is 6.31. The first kappa shape index (κ1) is 13.9. The van der Waals surface area contributed by atoms with Gasteiger partial charge in [-0.15, -0.1) is 0 Å². The number of hydrogen-bond acceptors (Lipinski definition) is 4. The van der Waals surface area contributed by atoms with Crippen molar-refractivity contribution in [3.05, 3.63) is 28.8 Å². The molecule has 0 saturated carbocycles. The Morgan fingerprint density at radius 3 is 2.74 bits per heavy atom. The molecule has 0 aliphatic carbocycles. The summed E-state index contributed by atoms with van der Waals surface area (Å²) in [7, 11) is 0. The number of rotatable bonds is 2. The van der Waals surface area contributed by atoms with Gasteiger partial charge in [0.15, 0.2) is 0 Å². The van der Waals surface area contributed by atoms with E-state index in [9.17, 15) is 4.39 Å². The highest BCUT2D eigenvalue weighted by Gasteiger charge is 2.46. The zero-order valence-electron chi connectivity index (χ0n) is 10.9. The van der Waals surface area contributed by atoms with Crippen molar-refractivity contribution in [3.63, 3.8) is 0 Å². The van der Waals surface area contributed by atoms with E-state index in [2.05, 4.69) is 4.99 Å². The Morgan fingerprint density at radius 1 is 1.42 bits per heavy atom. The third-order valence-corrected chi connectivity index (χ3v) is 4.06. The fourth-order valence-corrected chi connectivity index (χ4v) is 2.69. The van der Waals surface area contributed by atoms with Crippen molar-refractivity contribution in [2.24, 2.45) is 16.6 Å². The number of amidine groups is 1. The van der Waals surface area contributed by atoms with Crippen molar-refractivity contribution in [2.75, 3.05) is 12.4 Å². The molecule has 104 valence electrons. The standard InChI is InChI=1S/C13H17ClFN3O/c1-7-8(2)19-12(17)18-13(7,6-15)10-5-9(16)3-4-11(10)14/h3-5,7-8H,6,16H2,1-2H3,(H2,17,18)/t7-,8?,13-/m1/s1. The summed E-state index contributed by atoms with van der Waals surface area (Å²) in [6.45, 7) is 2.97. The van der Waals surface area contributed by atoms with Gasteiger partial charge in [-0.25, -0.2) is 9.38 Å². The van der Waals surface area contributed by atoms with Gasteiger partial charge in [-0.1, -0.05) is 18.5 Å². The number of aliphatic imine (C=N–C) groups is 1. The van der Waals surface area contributed by atoms with Crippen LogP contribution in [0.25, 0.3) is 0 Å². The van der Waals surface area contributed by atoms with Crippen LogP contribution in [0.1, 0.15) is 19.4 Å². The highest BCUT2D eigenvalue weighted by Crippen LogP contribution is 2.43. The summed E-state index contributed by atoms with van der Waals surface area (Å²) in [5, 5.41) is 0.421. The largest absolute Gasteiger partial charge is 0.462 e. The van der Waals surface area contributed by atoms with Crippen LogP contribution in [-0.4, -0.2) is 18.8 Å². The molecule has 19 heavy (non-hydrogen) atoms. The summed E-state index contributed by atoms with van der Waals surface area (Å²) >= 11 is 6.19. The van der Waals surface area contributed by atoms with E-state index in [1.54, 1.807) is 18.2 Å². The second kappa shape index (κ2) is 4.89. The van der Waals surface area contributed by atoms with Crippen molar-refractivity contribution in [1.82, 2.24) is 0 Å². The van der Waals surface area contributed by atoms with Gasteiger partial charge < -0.3 is 16.2 Å². The average Bonchev–Trinajstić information content (AvgIpc) is 2.37. The maximum Gasteiger partial charge on any atom is 0.283 e. The molecule has 0 fully saturated rings. The van der Waals surface area contributed by atoms with E-state index in [4.69, 9.17) is 27.8 Å². The van der Waals surface area contributed by atoms with Crippen LogP contribution in [0.2, 0.25) is 5.02 Å². The number of nitrogen functional groups attached to an aromatic ring is 1. The number of ether oxygens (including phenoxy) is 1. The molecular formula is C13H17ClFN3O. The predicted molar refractivity (Wildman–Crippen MR) is 74.9 cm³/mol. The summed E-state index contributed by atoms with van der Waals surface area (Å²) in [6.07, 6.45) is -0.259. The lowest BCUT2D eigenvalue weighted by molar-refractivity contribution is 0.0511. The van der Waals surface area contributed by atoms with Gasteiger partial charge in [0.1, 0.15) is 18.3 Å². The number of hydrogen-bond donors (Lipinski definition) is 2. The topological polar surface area (TPSA) is 73.6 Å². The Hall–Kier alpha value is -1.49. The van der Waals surface area contributed by atoms with Gasteiger partial charge in [0, 0.05) is 22.2 Å². The fourth-order valence-electron chi connectivity index (χ4n) is 2.41. The minimum absolute atomic E-state index is 0.0262. The van der Waals surface area contributed by atoms with E-state index in [1.165, 1.54) is 0 Å². The Labute approximate surface area is 116 Å². The molecule has 0 radical (unpaired) electrons. The van der Waals surface area contributed by atoms with Crippen LogP contribution in [0.3, 0.4) is 0 Å². The van der Waals surface area contributed by atoms with E-state index in [0.717, 1.165) is 0 Å². The molecule has 4 N–H and O–H groups in total. The Morgan fingerprint density at radius 2 is 2.11 bits per heavy atom. The Balaban J connectivity index is 2.65. The zero-order valence-corrected chi connectivity index (χ0v) is 11.6. The molecule has 1 aliphatic heterocycles. The summed E-state index contributed by atoms with van der Waals surface area (Å²) in [4.78, 5) is 4.19. The monoisotopic (exact) mass is 285 g/mol. The molecule has 0 spiro atoms. The normalized spacial score (nSPS) is 30.6. The third kappa shape index (κ3) is 2.23. The van der Waals surface area contributed by atoms with Gasteiger partial charge in [0.05, 0.1) is 0 Å². The molecule has 1 aliphatic rings. The van der Waals surface area contributed by atoms with Gasteiger partial charge in [-0.3, -0.25) is 0 Å². The van der Waals surface area contributed by atoms with Crippen molar-refractivity contribution >= 4 is 23.3 Å². The maximum atomic E-state index is 13.8. The van der Waals surface area contributed by atoms with Crippen molar-refractivity contribution in [1.29, 1.82) is 0 Å². The van der Waals surface area contributed by atoms with Crippen molar-refractivity contribution in [2.45, 2.75) is 25.5 Å². The van der Waals surface area contributed by atoms with Crippen molar-refractivity contribution < 1.29 is 9.13 Å². The molecule has 0 bridgehead atoms. The molecule has 0 aromatic heterocycles. The van der Waals surface area contributed by atoms with Crippen LogP contribution in [0.4, 0.5) is 10.1 Å². The molecule has 0 amide bonds. The van der Waals surface area contributed by atoms with E-state index in [1.807, 2.05) is 13.8 Å². The molecule has 1 heterocycles. The zero-order chi connectivity index (χ0) is 14.2. The van der Waals surface area contributed by atoms with Crippen LogP contribution in [0.5, 0.6) is 0 Å². The lowest BCUT2D eigenvalue weighted by atomic mass is 9.77. The van der Waals surface area contributed by atoms with Crippen LogP contribution < -0.4 is 11.5 Å². The van der Waals surface area contributed by atoms with Crippen LogP contribution in [0, 0.1) is 5.92 Å². The quantitative estimate of drug-likeness (QED) is 0.820. The molecular weight excluding hydrogens is 269 g/mol. The number of halogens is 2. The molecule has 1 aromatic rings.